The molecular weight excluding hydrogens is 551 g/mol. The zero-order valence-electron chi connectivity index (χ0n) is 13.5. The van der Waals surface area contributed by atoms with Crippen LogP contribution >= 0.6 is 57.6 Å². The van der Waals surface area contributed by atoms with E-state index in [-0.39, 0.29) is 18.4 Å². The van der Waals surface area contributed by atoms with Crippen LogP contribution in [0.4, 0.5) is 0 Å². The highest BCUT2D eigenvalue weighted by Crippen LogP contribution is 2.34. The first-order valence-corrected chi connectivity index (χ1v) is 9.73. The molecule has 0 amide bonds. The first-order chi connectivity index (χ1) is 11.0. The molecule has 0 saturated heterocycles. The minimum Gasteiger partial charge on any atom is -0.508 e. The van der Waals surface area contributed by atoms with E-state index >= 15 is 0 Å². The quantitative estimate of drug-likeness (QED) is 0.522. The number of rotatable bonds is 3. The Labute approximate surface area is 176 Å². The summed E-state index contributed by atoms with van der Waals surface area (Å²) >= 11 is 4.66. The van der Waals surface area contributed by atoms with E-state index in [1.807, 2.05) is 13.0 Å². The van der Waals surface area contributed by atoms with Gasteiger partial charge in [-0.05, 0) is 112 Å². The van der Waals surface area contributed by atoms with Crippen molar-refractivity contribution in [1.29, 1.82) is 0 Å². The summed E-state index contributed by atoms with van der Waals surface area (Å²) in [6, 6.07) is 8.57. The fourth-order valence-corrected chi connectivity index (χ4v) is 5.59. The Balaban J connectivity index is 0.00000208. The van der Waals surface area contributed by atoms with E-state index < -0.39 is 0 Å². The molecule has 2 aromatic carbocycles. The Morgan fingerprint density at radius 1 is 1.25 bits per heavy atom. The van der Waals surface area contributed by atoms with Crippen LogP contribution in [0.1, 0.15) is 28.3 Å². The Kier molecular flexibility index (Phi) is 7.04. The number of nitrogens with one attached hydrogen (secondary N) is 1. The highest BCUT2D eigenvalue weighted by Gasteiger charge is 2.23. The van der Waals surface area contributed by atoms with Crippen molar-refractivity contribution in [1.82, 2.24) is 5.32 Å². The first kappa shape index (κ1) is 20.1. The molecule has 0 saturated carbocycles. The topological polar surface area (TPSA) is 41.5 Å². The summed E-state index contributed by atoms with van der Waals surface area (Å²) in [6.07, 6.45) is 1.91. The molecule has 2 aromatic rings. The van der Waals surface area contributed by atoms with Crippen molar-refractivity contribution in [3.63, 3.8) is 0 Å². The number of halogens is 3. The van der Waals surface area contributed by atoms with Crippen LogP contribution in [-0.2, 0) is 12.8 Å². The Hall–Kier alpha value is -0.250. The summed E-state index contributed by atoms with van der Waals surface area (Å²) in [7, 11) is 1.72. The van der Waals surface area contributed by atoms with Crippen LogP contribution in [0.25, 0.3) is 0 Å². The van der Waals surface area contributed by atoms with Crippen molar-refractivity contribution < 1.29 is 9.84 Å². The van der Waals surface area contributed by atoms with E-state index in [2.05, 4.69) is 68.7 Å². The number of phenolic OH excluding ortho intramolecular Hbond substituents is 1. The number of fused-ring (bicyclic) bond motifs is 1. The van der Waals surface area contributed by atoms with E-state index in [1.165, 1.54) is 16.7 Å². The molecule has 0 fully saturated rings. The van der Waals surface area contributed by atoms with Gasteiger partial charge in [-0.1, -0.05) is 6.07 Å². The first-order valence-electron chi connectivity index (χ1n) is 7.58. The number of hydrogen-bond acceptors (Lipinski definition) is 3. The van der Waals surface area contributed by atoms with Crippen molar-refractivity contribution >= 4 is 57.6 Å². The molecular formula is C18H20ClI2NO2. The van der Waals surface area contributed by atoms with E-state index in [4.69, 9.17) is 4.74 Å². The molecule has 2 N–H and O–H groups in total. The molecule has 0 spiro atoms. The van der Waals surface area contributed by atoms with E-state index in [9.17, 15) is 5.11 Å². The fourth-order valence-electron chi connectivity index (χ4n) is 3.25. The van der Waals surface area contributed by atoms with Gasteiger partial charge in [0.15, 0.2) is 0 Å². The van der Waals surface area contributed by atoms with Gasteiger partial charge in [-0.25, -0.2) is 0 Å². The zero-order chi connectivity index (χ0) is 16.6. The molecule has 1 aliphatic rings. The third kappa shape index (κ3) is 3.94. The van der Waals surface area contributed by atoms with Gasteiger partial charge in [0.05, 0.1) is 14.3 Å². The minimum atomic E-state index is 0. The lowest BCUT2D eigenvalue weighted by Gasteiger charge is -2.29. The molecule has 1 heterocycles. The van der Waals surface area contributed by atoms with E-state index in [0.717, 1.165) is 37.8 Å². The van der Waals surface area contributed by atoms with E-state index in [0.29, 0.717) is 5.75 Å². The number of phenols is 1. The summed E-state index contributed by atoms with van der Waals surface area (Å²) < 4.78 is 7.73. The molecule has 0 aliphatic carbocycles. The molecule has 1 atom stereocenters. The highest BCUT2D eigenvalue weighted by atomic mass is 127. The SMILES string of the molecule is COc1c(I)cc(CC2NCCc3c2ccc(O)c3C)cc1I.Cl. The number of ether oxygens (including phenoxy) is 1. The highest BCUT2D eigenvalue weighted by molar-refractivity contribution is 14.1. The summed E-state index contributed by atoms with van der Waals surface area (Å²) in [6.45, 7) is 2.96. The predicted molar refractivity (Wildman–Crippen MR) is 117 cm³/mol. The molecule has 130 valence electrons. The Morgan fingerprint density at radius 3 is 2.54 bits per heavy atom. The van der Waals surface area contributed by atoms with Crippen molar-refractivity contribution in [2.75, 3.05) is 13.7 Å². The normalized spacial score (nSPS) is 16.2. The van der Waals surface area contributed by atoms with E-state index in [1.54, 1.807) is 7.11 Å². The molecule has 1 aliphatic heterocycles. The lowest BCUT2D eigenvalue weighted by Crippen LogP contribution is -2.31. The third-order valence-corrected chi connectivity index (χ3v) is 6.05. The number of methoxy groups -OCH3 is 1. The van der Waals surface area contributed by atoms with Gasteiger partial charge in [0, 0.05) is 6.04 Å². The second-order valence-corrected chi connectivity index (χ2v) is 8.16. The van der Waals surface area contributed by atoms with Crippen LogP contribution in [0, 0.1) is 14.1 Å². The number of hydrogen-bond donors (Lipinski definition) is 2. The molecule has 3 nitrogen and oxygen atoms in total. The molecule has 24 heavy (non-hydrogen) atoms. The summed E-state index contributed by atoms with van der Waals surface area (Å²) in [5.74, 6) is 1.35. The maximum Gasteiger partial charge on any atom is 0.145 e. The minimum absolute atomic E-state index is 0. The lowest BCUT2D eigenvalue weighted by atomic mass is 9.87. The van der Waals surface area contributed by atoms with Gasteiger partial charge >= 0.3 is 0 Å². The van der Waals surface area contributed by atoms with Crippen LogP contribution in [-0.4, -0.2) is 18.8 Å². The number of aromatic hydroxyl groups is 1. The molecule has 1 unspecified atom stereocenters. The van der Waals surface area contributed by atoms with Gasteiger partial charge in [0.1, 0.15) is 11.5 Å². The van der Waals surface area contributed by atoms with Crippen LogP contribution in [0.2, 0.25) is 0 Å². The molecule has 3 rings (SSSR count). The molecule has 0 bridgehead atoms. The maximum absolute atomic E-state index is 9.95. The Bertz CT molecular complexity index is 729. The summed E-state index contributed by atoms with van der Waals surface area (Å²) in [5, 5.41) is 13.6. The summed E-state index contributed by atoms with van der Waals surface area (Å²) in [5.41, 5.74) is 4.93. The predicted octanol–water partition coefficient (Wildman–Crippen LogP) is 4.77. The van der Waals surface area contributed by atoms with Crippen LogP contribution in [0.5, 0.6) is 11.5 Å². The van der Waals surface area contributed by atoms with Crippen LogP contribution < -0.4 is 10.1 Å². The standard InChI is InChI=1S/C18H19I2NO2.ClH/c1-10-12-5-6-21-16(13(12)3-4-17(10)22)9-11-7-14(19)18(23-2)15(20)8-11;/h3-4,7-8,16,21-22H,5-6,9H2,1-2H3;1H. The van der Waals surface area contributed by atoms with Gasteiger partial charge in [0.25, 0.3) is 0 Å². The van der Waals surface area contributed by atoms with Crippen molar-refractivity contribution in [3.8, 4) is 11.5 Å². The second-order valence-electron chi connectivity index (χ2n) is 5.83. The molecule has 0 aromatic heterocycles. The van der Waals surface area contributed by atoms with Crippen molar-refractivity contribution in [3.05, 3.63) is 53.7 Å². The molecule has 0 radical (unpaired) electrons. The number of benzene rings is 2. The zero-order valence-corrected chi connectivity index (χ0v) is 18.7. The lowest BCUT2D eigenvalue weighted by molar-refractivity contribution is 0.408. The van der Waals surface area contributed by atoms with Gasteiger partial charge in [-0.2, -0.15) is 0 Å². The monoisotopic (exact) mass is 571 g/mol. The van der Waals surface area contributed by atoms with Crippen LogP contribution in [0.3, 0.4) is 0 Å². The maximum atomic E-state index is 9.95. The largest absolute Gasteiger partial charge is 0.508 e. The fraction of sp³-hybridized carbons (Fsp3) is 0.333. The van der Waals surface area contributed by atoms with Gasteiger partial charge in [-0.3, -0.25) is 0 Å². The second kappa shape index (κ2) is 8.42. The average molecular weight is 572 g/mol. The smallest absolute Gasteiger partial charge is 0.145 e. The van der Waals surface area contributed by atoms with Crippen molar-refractivity contribution in [2.45, 2.75) is 25.8 Å². The average Bonchev–Trinajstić information content (AvgIpc) is 2.51. The van der Waals surface area contributed by atoms with Gasteiger partial charge in [-0.15, -0.1) is 12.4 Å². The van der Waals surface area contributed by atoms with Crippen molar-refractivity contribution in [2.24, 2.45) is 0 Å². The third-order valence-electron chi connectivity index (χ3n) is 4.45. The summed E-state index contributed by atoms with van der Waals surface area (Å²) in [4.78, 5) is 0. The van der Waals surface area contributed by atoms with Gasteiger partial charge in [0.2, 0.25) is 0 Å². The van der Waals surface area contributed by atoms with Gasteiger partial charge < -0.3 is 15.2 Å². The Morgan fingerprint density at radius 2 is 1.92 bits per heavy atom. The molecule has 6 heteroatoms. The van der Waals surface area contributed by atoms with Crippen LogP contribution in [0.15, 0.2) is 24.3 Å².